The lowest BCUT2D eigenvalue weighted by Gasteiger charge is -2.11. The Balaban J connectivity index is 2.00. The SMILES string of the molecule is Cc1ccccc1C(=O)/C=C/C=C/c1ccc(N(C)C)cc1. The lowest BCUT2D eigenvalue weighted by atomic mass is 10.0. The Hall–Kier alpha value is -2.61. The first kappa shape index (κ1) is 15.8. The molecule has 2 aromatic rings. The average molecular weight is 291 g/mol. The summed E-state index contributed by atoms with van der Waals surface area (Å²) in [5.41, 5.74) is 4.03. The Labute approximate surface area is 132 Å². The van der Waals surface area contributed by atoms with Gasteiger partial charge in [0.15, 0.2) is 5.78 Å². The van der Waals surface area contributed by atoms with Crippen LogP contribution in [0.3, 0.4) is 0 Å². The molecular weight excluding hydrogens is 270 g/mol. The van der Waals surface area contributed by atoms with E-state index in [0.29, 0.717) is 0 Å². The third-order valence-electron chi connectivity index (χ3n) is 3.47. The third-order valence-corrected chi connectivity index (χ3v) is 3.47. The van der Waals surface area contributed by atoms with E-state index >= 15 is 0 Å². The van der Waals surface area contributed by atoms with Gasteiger partial charge in [-0.1, -0.05) is 54.6 Å². The van der Waals surface area contributed by atoms with Gasteiger partial charge in [-0.25, -0.2) is 0 Å². The fraction of sp³-hybridized carbons (Fsp3) is 0.150. The molecule has 0 saturated heterocycles. The predicted octanol–water partition coefficient (Wildman–Crippen LogP) is 4.51. The molecule has 0 amide bonds. The molecular formula is C20H21NO. The second-order valence-corrected chi connectivity index (χ2v) is 5.38. The molecule has 2 nitrogen and oxygen atoms in total. The van der Waals surface area contributed by atoms with Gasteiger partial charge in [-0.05, 0) is 36.3 Å². The molecule has 0 bridgehead atoms. The minimum Gasteiger partial charge on any atom is -0.378 e. The van der Waals surface area contributed by atoms with E-state index in [1.165, 1.54) is 5.69 Å². The van der Waals surface area contributed by atoms with Gasteiger partial charge in [0, 0.05) is 25.3 Å². The minimum atomic E-state index is 0.0331. The van der Waals surface area contributed by atoms with Crippen molar-refractivity contribution >= 4 is 17.5 Å². The molecule has 0 saturated carbocycles. The van der Waals surface area contributed by atoms with Crippen molar-refractivity contribution in [3.63, 3.8) is 0 Å². The Morgan fingerprint density at radius 1 is 0.955 bits per heavy atom. The van der Waals surface area contributed by atoms with Crippen molar-refractivity contribution < 1.29 is 4.79 Å². The molecule has 0 aliphatic carbocycles. The summed E-state index contributed by atoms with van der Waals surface area (Å²) in [5.74, 6) is 0.0331. The lowest BCUT2D eigenvalue weighted by Crippen LogP contribution is -2.07. The third kappa shape index (κ3) is 4.19. The topological polar surface area (TPSA) is 20.3 Å². The molecule has 0 radical (unpaired) electrons. The van der Waals surface area contributed by atoms with Gasteiger partial charge in [-0.3, -0.25) is 4.79 Å². The van der Waals surface area contributed by atoms with Crippen LogP contribution in [-0.4, -0.2) is 19.9 Å². The second-order valence-electron chi connectivity index (χ2n) is 5.38. The number of anilines is 1. The van der Waals surface area contributed by atoms with Crippen molar-refractivity contribution in [2.24, 2.45) is 0 Å². The molecule has 22 heavy (non-hydrogen) atoms. The van der Waals surface area contributed by atoms with Crippen molar-refractivity contribution in [1.29, 1.82) is 0 Å². The lowest BCUT2D eigenvalue weighted by molar-refractivity contribution is 0.104. The second kappa shape index (κ2) is 7.41. The van der Waals surface area contributed by atoms with Crippen LogP contribution in [0.25, 0.3) is 6.08 Å². The van der Waals surface area contributed by atoms with Crippen molar-refractivity contribution in [2.45, 2.75) is 6.92 Å². The van der Waals surface area contributed by atoms with E-state index in [1.807, 2.05) is 57.4 Å². The van der Waals surface area contributed by atoms with E-state index in [4.69, 9.17) is 0 Å². The van der Waals surface area contributed by atoms with Crippen LogP contribution in [0.4, 0.5) is 5.69 Å². The van der Waals surface area contributed by atoms with E-state index in [0.717, 1.165) is 16.7 Å². The van der Waals surface area contributed by atoms with Crippen LogP contribution < -0.4 is 4.90 Å². The van der Waals surface area contributed by atoms with Gasteiger partial charge in [0.25, 0.3) is 0 Å². The molecule has 2 aromatic carbocycles. The number of nitrogens with zero attached hydrogens (tertiary/aromatic N) is 1. The number of hydrogen-bond acceptors (Lipinski definition) is 2. The average Bonchev–Trinajstić information content (AvgIpc) is 2.52. The number of benzene rings is 2. The molecule has 0 spiro atoms. The highest BCUT2D eigenvalue weighted by Crippen LogP contribution is 2.13. The number of ketones is 1. The highest BCUT2D eigenvalue weighted by atomic mass is 16.1. The fourth-order valence-corrected chi connectivity index (χ4v) is 2.13. The molecule has 2 rings (SSSR count). The summed E-state index contributed by atoms with van der Waals surface area (Å²) in [6.45, 7) is 1.95. The maximum absolute atomic E-state index is 12.1. The maximum Gasteiger partial charge on any atom is 0.186 e. The first-order valence-electron chi connectivity index (χ1n) is 7.30. The first-order valence-corrected chi connectivity index (χ1v) is 7.30. The summed E-state index contributed by atoms with van der Waals surface area (Å²) in [6, 6.07) is 15.9. The number of allylic oxidation sites excluding steroid dienone is 3. The van der Waals surface area contributed by atoms with Gasteiger partial charge in [-0.2, -0.15) is 0 Å². The Morgan fingerprint density at radius 2 is 1.64 bits per heavy atom. The minimum absolute atomic E-state index is 0.0331. The Morgan fingerprint density at radius 3 is 2.27 bits per heavy atom. The van der Waals surface area contributed by atoms with E-state index in [9.17, 15) is 4.79 Å². The van der Waals surface area contributed by atoms with E-state index in [1.54, 1.807) is 12.2 Å². The van der Waals surface area contributed by atoms with Crippen LogP contribution in [0.15, 0.2) is 66.8 Å². The smallest absolute Gasteiger partial charge is 0.186 e. The van der Waals surface area contributed by atoms with Gasteiger partial charge in [0.05, 0.1) is 0 Å². The van der Waals surface area contributed by atoms with Crippen LogP contribution in [0.5, 0.6) is 0 Å². The fourth-order valence-electron chi connectivity index (χ4n) is 2.13. The zero-order chi connectivity index (χ0) is 15.9. The molecule has 112 valence electrons. The van der Waals surface area contributed by atoms with Crippen molar-refractivity contribution in [3.8, 4) is 0 Å². The molecule has 0 heterocycles. The van der Waals surface area contributed by atoms with E-state index in [-0.39, 0.29) is 5.78 Å². The van der Waals surface area contributed by atoms with Crippen LogP contribution >= 0.6 is 0 Å². The van der Waals surface area contributed by atoms with Crippen LogP contribution in [-0.2, 0) is 0 Å². The van der Waals surface area contributed by atoms with Gasteiger partial charge >= 0.3 is 0 Å². The molecule has 0 N–H and O–H groups in total. The quantitative estimate of drug-likeness (QED) is 0.459. The summed E-state index contributed by atoms with van der Waals surface area (Å²) < 4.78 is 0. The molecule has 2 heteroatoms. The molecule has 0 aliphatic heterocycles. The number of rotatable bonds is 5. The summed E-state index contributed by atoms with van der Waals surface area (Å²) in [6.07, 6.45) is 7.27. The van der Waals surface area contributed by atoms with Gasteiger partial charge < -0.3 is 4.90 Å². The normalized spacial score (nSPS) is 11.2. The predicted molar refractivity (Wildman–Crippen MR) is 94.5 cm³/mol. The van der Waals surface area contributed by atoms with Gasteiger partial charge in [-0.15, -0.1) is 0 Å². The summed E-state index contributed by atoms with van der Waals surface area (Å²) in [5, 5.41) is 0. The summed E-state index contributed by atoms with van der Waals surface area (Å²) >= 11 is 0. The largest absolute Gasteiger partial charge is 0.378 e. The monoisotopic (exact) mass is 291 g/mol. The van der Waals surface area contributed by atoms with Gasteiger partial charge in [0.2, 0.25) is 0 Å². The standard InChI is InChI=1S/C20H21NO/c1-16-8-4-6-10-19(16)20(22)11-7-5-9-17-12-14-18(15-13-17)21(2)3/h4-15H,1-3H3/b9-5+,11-7+. The van der Waals surface area contributed by atoms with Crippen LogP contribution in [0, 0.1) is 6.92 Å². The van der Waals surface area contributed by atoms with Crippen LogP contribution in [0.1, 0.15) is 21.5 Å². The Bertz CT molecular complexity index is 694. The van der Waals surface area contributed by atoms with Crippen molar-refractivity contribution in [3.05, 3.63) is 83.4 Å². The highest BCUT2D eigenvalue weighted by Gasteiger charge is 2.03. The number of carbonyl (C=O) groups is 1. The van der Waals surface area contributed by atoms with Crippen molar-refractivity contribution in [1.82, 2.24) is 0 Å². The Kier molecular flexibility index (Phi) is 5.31. The zero-order valence-corrected chi connectivity index (χ0v) is 13.3. The molecule has 0 fully saturated rings. The number of aryl methyl sites for hydroxylation is 1. The molecule has 0 aromatic heterocycles. The number of hydrogen-bond donors (Lipinski definition) is 0. The van der Waals surface area contributed by atoms with Crippen molar-refractivity contribution in [2.75, 3.05) is 19.0 Å². The van der Waals surface area contributed by atoms with Gasteiger partial charge in [0.1, 0.15) is 0 Å². The first-order chi connectivity index (χ1) is 10.6. The maximum atomic E-state index is 12.1. The van der Waals surface area contributed by atoms with Crippen LogP contribution in [0.2, 0.25) is 0 Å². The number of carbonyl (C=O) groups excluding carboxylic acids is 1. The molecule has 0 atom stereocenters. The van der Waals surface area contributed by atoms with E-state index in [2.05, 4.69) is 29.2 Å². The molecule has 0 aliphatic rings. The molecule has 0 unspecified atom stereocenters. The summed E-state index contributed by atoms with van der Waals surface area (Å²) in [4.78, 5) is 14.1. The zero-order valence-electron chi connectivity index (χ0n) is 13.3. The highest BCUT2D eigenvalue weighted by molar-refractivity contribution is 6.05. The summed E-state index contributed by atoms with van der Waals surface area (Å²) in [7, 11) is 4.04. The van der Waals surface area contributed by atoms with E-state index < -0.39 is 0 Å².